The topological polar surface area (TPSA) is 98.7 Å². The largest absolute Gasteiger partial charge is 0.394 e. The zero-order valence-corrected chi connectivity index (χ0v) is 20.0. The maximum atomic E-state index is 12.9. The van der Waals surface area contributed by atoms with E-state index in [-0.39, 0.29) is 47.9 Å². The Morgan fingerprint density at radius 3 is 1.37 bits per heavy atom. The van der Waals surface area contributed by atoms with Crippen molar-refractivity contribution in [3.05, 3.63) is 32.6 Å². The first-order chi connectivity index (χ1) is 13.9. The highest BCUT2D eigenvalue weighted by molar-refractivity contribution is 7.09. The molecule has 2 rings (SSSR count). The van der Waals surface area contributed by atoms with Crippen molar-refractivity contribution in [3.8, 4) is 11.1 Å². The highest BCUT2D eigenvalue weighted by Gasteiger charge is 2.29. The van der Waals surface area contributed by atoms with Gasteiger partial charge in [0.2, 0.25) is 0 Å². The molecule has 0 fully saturated rings. The van der Waals surface area contributed by atoms with Gasteiger partial charge in [-0.25, -0.2) is 0 Å². The molecule has 0 saturated heterocycles. The van der Waals surface area contributed by atoms with Crippen LogP contribution < -0.4 is 10.6 Å². The zero-order chi connectivity index (χ0) is 22.7. The highest BCUT2D eigenvalue weighted by atomic mass is 32.1. The van der Waals surface area contributed by atoms with Crippen LogP contribution >= 0.6 is 22.7 Å². The molecule has 0 bridgehead atoms. The standard InChI is InChI=1S/C22H32N2O4S2/c1-21(2,3)17(7-25)23-19(27)15-11-29-9-13(15)14-10-30-12-16(14)20(28)24-18(8-26)22(4,5)6/h9-12,17-18,25-26H,7-8H2,1-6H3,(H,23,27)(H,24,28)/t17-,18-/m1/s1. The molecule has 30 heavy (non-hydrogen) atoms. The molecule has 2 aromatic heterocycles. The van der Waals surface area contributed by atoms with E-state index in [1.165, 1.54) is 22.7 Å². The van der Waals surface area contributed by atoms with E-state index >= 15 is 0 Å². The normalized spacial score (nSPS) is 14.3. The SMILES string of the molecule is CC(C)(C)[C@@H](CO)NC(=O)c1cscc1-c1cscc1C(=O)N[C@H](CO)C(C)(C)C. The molecule has 0 saturated carbocycles. The molecule has 0 spiro atoms. The third kappa shape index (κ3) is 5.69. The minimum absolute atomic E-state index is 0.157. The summed E-state index contributed by atoms with van der Waals surface area (Å²) in [6.07, 6.45) is 0. The van der Waals surface area contributed by atoms with Gasteiger partial charge in [-0.2, -0.15) is 22.7 Å². The molecule has 4 N–H and O–H groups in total. The van der Waals surface area contributed by atoms with Gasteiger partial charge < -0.3 is 20.8 Å². The minimum atomic E-state index is -0.389. The lowest BCUT2D eigenvalue weighted by atomic mass is 9.87. The number of aliphatic hydroxyl groups is 2. The van der Waals surface area contributed by atoms with Crippen molar-refractivity contribution >= 4 is 34.5 Å². The summed E-state index contributed by atoms with van der Waals surface area (Å²) in [4.78, 5) is 25.9. The summed E-state index contributed by atoms with van der Waals surface area (Å²) in [5.41, 5.74) is 1.74. The Morgan fingerprint density at radius 1 is 0.767 bits per heavy atom. The van der Waals surface area contributed by atoms with Gasteiger partial charge in [0.25, 0.3) is 11.8 Å². The average molecular weight is 453 g/mol. The number of thiophene rings is 2. The molecule has 8 heteroatoms. The van der Waals surface area contributed by atoms with E-state index in [1.54, 1.807) is 10.8 Å². The average Bonchev–Trinajstić information content (AvgIpc) is 3.30. The third-order valence-electron chi connectivity index (χ3n) is 5.17. The summed E-state index contributed by atoms with van der Waals surface area (Å²) in [6.45, 7) is 11.4. The van der Waals surface area contributed by atoms with Crippen LogP contribution in [0.1, 0.15) is 62.3 Å². The summed E-state index contributed by atoms with van der Waals surface area (Å²) in [5.74, 6) is -0.554. The Balaban J connectivity index is 2.30. The number of hydrogen-bond donors (Lipinski definition) is 4. The summed E-state index contributed by atoms with van der Waals surface area (Å²) in [7, 11) is 0. The number of hydrogen-bond acceptors (Lipinski definition) is 6. The van der Waals surface area contributed by atoms with Crippen molar-refractivity contribution in [1.82, 2.24) is 10.6 Å². The lowest BCUT2D eigenvalue weighted by Crippen LogP contribution is -2.46. The van der Waals surface area contributed by atoms with Crippen LogP contribution in [0, 0.1) is 10.8 Å². The lowest BCUT2D eigenvalue weighted by Gasteiger charge is -2.30. The van der Waals surface area contributed by atoms with Gasteiger partial charge in [-0.05, 0) is 21.6 Å². The van der Waals surface area contributed by atoms with Crippen LogP contribution in [0.15, 0.2) is 21.5 Å². The number of amides is 2. The number of rotatable bonds is 7. The van der Waals surface area contributed by atoms with Gasteiger partial charge in [0.05, 0.1) is 36.4 Å². The van der Waals surface area contributed by atoms with Gasteiger partial charge in [-0.3, -0.25) is 9.59 Å². The highest BCUT2D eigenvalue weighted by Crippen LogP contribution is 2.33. The summed E-state index contributed by atoms with van der Waals surface area (Å²) in [5, 5.41) is 32.4. The van der Waals surface area contributed by atoms with Crippen molar-refractivity contribution < 1.29 is 19.8 Å². The molecule has 0 aliphatic carbocycles. The third-order valence-corrected chi connectivity index (χ3v) is 6.66. The predicted molar refractivity (Wildman–Crippen MR) is 123 cm³/mol. The number of aliphatic hydroxyl groups excluding tert-OH is 2. The number of carbonyl (C=O) groups is 2. The quantitative estimate of drug-likeness (QED) is 0.514. The molecule has 6 nitrogen and oxygen atoms in total. The van der Waals surface area contributed by atoms with Gasteiger partial charge >= 0.3 is 0 Å². The Labute approximate surface area is 186 Å². The molecule has 2 atom stereocenters. The molecule has 0 aromatic carbocycles. The maximum Gasteiger partial charge on any atom is 0.253 e. The first kappa shape index (κ1) is 24.5. The molecule has 0 aliphatic heterocycles. The van der Waals surface area contributed by atoms with E-state index in [0.29, 0.717) is 22.3 Å². The fourth-order valence-electron chi connectivity index (χ4n) is 2.91. The second kappa shape index (κ2) is 9.60. The van der Waals surface area contributed by atoms with Gasteiger partial charge in [-0.1, -0.05) is 41.5 Å². The molecule has 2 heterocycles. The van der Waals surface area contributed by atoms with Gasteiger partial charge in [0.15, 0.2) is 0 Å². The zero-order valence-electron chi connectivity index (χ0n) is 18.4. The Bertz CT molecular complexity index is 802. The lowest BCUT2D eigenvalue weighted by molar-refractivity contribution is 0.0842. The van der Waals surface area contributed by atoms with Crippen LogP contribution in [-0.2, 0) is 0 Å². The molecule has 166 valence electrons. The monoisotopic (exact) mass is 452 g/mol. The van der Waals surface area contributed by atoms with Gasteiger partial charge in [-0.15, -0.1) is 0 Å². The van der Waals surface area contributed by atoms with Crippen LogP contribution in [-0.4, -0.2) is 47.3 Å². The first-order valence-electron chi connectivity index (χ1n) is 9.86. The number of nitrogens with one attached hydrogen (secondary N) is 2. The molecular formula is C22H32N2O4S2. The maximum absolute atomic E-state index is 12.9. The van der Waals surface area contributed by atoms with Crippen LogP contribution in [0.25, 0.3) is 11.1 Å². The Morgan fingerprint density at radius 2 is 1.10 bits per heavy atom. The smallest absolute Gasteiger partial charge is 0.253 e. The van der Waals surface area contributed by atoms with Crippen molar-refractivity contribution in [2.24, 2.45) is 10.8 Å². The fraction of sp³-hybridized carbons (Fsp3) is 0.545. The summed E-state index contributed by atoms with van der Waals surface area (Å²) in [6, 6.07) is -0.778. The second-order valence-corrected chi connectivity index (χ2v) is 11.0. The molecular weight excluding hydrogens is 420 g/mol. The van der Waals surface area contributed by atoms with Crippen molar-refractivity contribution in [3.63, 3.8) is 0 Å². The van der Waals surface area contributed by atoms with Crippen molar-refractivity contribution in [1.29, 1.82) is 0 Å². The minimum Gasteiger partial charge on any atom is -0.394 e. The van der Waals surface area contributed by atoms with Crippen LogP contribution in [0.2, 0.25) is 0 Å². The van der Waals surface area contributed by atoms with E-state index in [1.807, 2.05) is 52.3 Å². The number of carbonyl (C=O) groups excluding carboxylic acids is 2. The van der Waals surface area contributed by atoms with Gasteiger partial charge in [0.1, 0.15) is 0 Å². The van der Waals surface area contributed by atoms with E-state index in [4.69, 9.17) is 0 Å². The fourth-order valence-corrected chi connectivity index (χ4v) is 4.56. The van der Waals surface area contributed by atoms with Crippen LogP contribution in [0.5, 0.6) is 0 Å². The van der Waals surface area contributed by atoms with Crippen LogP contribution in [0.4, 0.5) is 0 Å². The molecule has 0 aliphatic rings. The summed E-state index contributed by atoms with van der Waals surface area (Å²) >= 11 is 2.78. The predicted octanol–water partition coefficient (Wildman–Crippen LogP) is 3.75. The second-order valence-electron chi connectivity index (χ2n) is 9.55. The van der Waals surface area contributed by atoms with E-state index in [2.05, 4.69) is 10.6 Å². The van der Waals surface area contributed by atoms with E-state index < -0.39 is 0 Å². The molecule has 2 aromatic rings. The van der Waals surface area contributed by atoms with Crippen molar-refractivity contribution in [2.75, 3.05) is 13.2 Å². The van der Waals surface area contributed by atoms with E-state index in [0.717, 1.165) is 0 Å². The Hall–Kier alpha value is -1.74. The Kier molecular flexibility index (Phi) is 7.85. The first-order valence-corrected chi connectivity index (χ1v) is 11.7. The molecule has 2 amide bonds. The van der Waals surface area contributed by atoms with E-state index in [9.17, 15) is 19.8 Å². The summed E-state index contributed by atoms with van der Waals surface area (Å²) < 4.78 is 0. The van der Waals surface area contributed by atoms with Gasteiger partial charge in [0, 0.05) is 21.9 Å². The van der Waals surface area contributed by atoms with Crippen LogP contribution in [0.3, 0.4) is 0 Å². The molecule has 0 unspecified atom stereocenters. The van der Waals surface area contributed by atoms with Crippen molar-refractivity contribution in [2.45, 2.75) is 53.6 Å². The molecule has 0 radical (unpaired) electrons.